The molecule has 1 aliphatic heterocycles. The largest absolute Gasteiger partial charge is 0.356 e. The van der Waals surface area contributed by atoms with Gasteiger partial charge in [-0.3, -0.25) is 18.7 Å². The monoisotopic (exact) mass is 346 g/mol. The zero-order valence-electron chi connectivity index (χ0n) is 14.6. The van der Waals surface area contributed by atoms with Crippen LogP contribution in [0, 0.1) is 6.92 Å². The van der Waals surface area contributed by atoms with E-state index in [-0.39, 0.29) is 29.7 Å². The second-order valence-corrected chi connectivity index (χ2v) is 6.34. The minimum Gasteiger partial charge on any atom is -0.356 e. The molecule has 0 unspecified atom stereocenters. The highest BCUT2D eigenvalue weighted by molar-refractivity contribution is 5.76. The zero-order chi connectivity index (χ0) is 18.1. The number of aromatic nitrogens is 4. The van der Waals surface area contributed by atoms with Crippen LogP contribution in [-0.4, -0.2) is 43.7 Å². The maximum absolute atomic E-state index is 12.2. The lowest BCUT2D eigenvalue weighted by Crippen LogP contribution is -2.42. The molecule has 0 saturated carbocycles. The number of anilines is 1. The summed E-state index contributed by atoms with van der Waals surface area (Å²) in [6.45, 7) is 3.32. The van der Waals surface area contributed by atoms with Crippen LogP contribution in [0.5, 0.6) is 0 Å². The summed E-state index contributed by atoms with van der Waals surface area (Å²) in [7, 11) is 3.10. The van der Waals surface area contributed by atoms with Crippen LogP contribution < -0.4 is 21.5 Å². The molecule has 1 saturated heterocycles. The van der Waals surface area contributed by atoms with E-state index in [1.54, 1.807) is 24.0 Å². The van der Waals surface area contributed by atoms with Gasteiger partial charge in [-0.05, 0) is 13.3 Å². The second kappa shape index (κ2) is 6.58. The maximum Gasteiger partial charge on any atom is 0.332 e. The Balaban J connectivity index is 1.66. The number of hydrogen-bond acceptors (Lipinski definition) is 5. The number of carbonyl (C=O) groups is 1. The summed E-state index contributed by atoms with van der Waals surface area (Å²) in [5, 5.41) is 3.00. The van der Waals surface area contributed by atoms with Crippen LogP contribution in [0.2, 0.25) is 0 Å². The van der Waals surface area contributed by atoms with Gasteiger partial charge in [-0.1, -0.05) is 0 Å². The third kappa shape index (κ3) is 3.35. The van der Waals surface area contributed by atoms with Gasteiger partial charge in [-0.2, -0.15) is 0 Å². The third-order valence-electron chi connectivity index (χ3n) is 4.62. The molecule has 3 heterocycles. The standard InChI is InChI=1S/C16H22N6O3/c1-11-17-5-7-21(11)10-13(23)18-12-4-6-22(9-12)14-8-15(24)20(3)16(25)19(14)2/h5,7-8,12H,4,6,9-10H2,1-3H3,(H,18,23)/t12-/m0/s1. The first-order chi connectivity index (χ1) is 11.9. The van der Waals surface area contributed by atoms with E-state index in [4.69, 9.17) is 0 Å². The first-order valence-corrected chi connectivity index (χ1v) is 8.16. The van der Waals surface area contributed by atoms with Gasteiger partial charge in [0.2, 0.25) is 5.91 Å². The van der Waals surface area contributed by atoms with E-state index in [0.717, 1.165) is 16.8 Å². The Morgan fingerprint density at radius 1 is 1.32 bits per heavy atom. The van der Waals surface area contributed by atoms with Gasteiger partial charge in [0.1, 0.15) is 18.2 Å². The van der Waals surface area contributed by atoms with Crippen molar-refractivity contribution in [3.63, 3.8) is 0 Å². The molecule has 0 spiro atoms. The molecule has 3 rings (SSSR count). The lowest BCUT2D eigenvalue weighted by Gasteiger charge is -2.21. The van der Waals surface area contributed by atoms with Crippen molar-refractivity contribution >= 4 is 11.7 Å². The number of nitrogens with zero attached hydrogens (tertiary/aromatic N) is 5. The van der Waals surface area contributed by atoms with Gasteiger partial charge < -0.3 is 14.8 Å². The average Bonchev–Trinajstić information content (AvgIpc) is 3.18. The van der Waals surface area contributed by atoms with Gasteiger partial charge in [-0.25, -0.2) is 9.78 Å². The van der Waals surface area contributed by atoms with Crippen LogP contribution in [0.15, 0.2) is 28.0 Å². The van der Waals surface area contributed by atoms with Crippen LogP contribution in [-0.2, 0) is 25.4 Å². The summed E-state index contributed by atoms with van der Waals surface area (Å²) in [6, 6.07) is 1.44. The lowest BCUT2D eigenvalue weighted by molar-refractivity contribution is -0.122. The van der Waals surface area contributed by atoms with Crippen molar-refractivity contribution in [1.82, 2.24) is 24.0 Å². The van der Waals surface area contributed by atoms with Gasteiger partial charge in [0, 0.05) is 51.7 Å². The van der Waals surface area contributed by atoms with Crippen molar-refractivity contribution in [1.29, 1.82) is 0 Å². The number of hydrogen-bond donors (Lipinski definition) is 1. The van der Waals surface area contributed by atoms with Crippen LogP contribution in [0.25, 0.3) is 0 Å². The predicted octanol–water partition coefficient (Wildman–Crippen LogP) is -1.02. The Morgan fingerprint density at radius 2 is 2.08 bits per heavy atom. The molecule has 0 aliphatic carbocycles. The van der Waals surface area contributed by atoms with Crippen LogP contribution in [0.3, 0.4) is 0 Å². The summed E-state index contributed by atoms with van der Waals surface area (Å²) < 4.78 is 4.32. The van der Waals surface area contributed by atoms with Crippen molar-refractivity contribution < 1.29 is 4.79 Å². The number of amides is 1. The summed E-state index contributed by atoms with van der Waals surface area (Å²) in [5.74, 6) is 1.29. The van der Waals surface area contributed by atoms with E-state index < -0.39 is 0 Å². The fourth-order valence-electron chi connectivity index (χ4n) is 3.11. The number of carbonyl (C=O) groups excluding carboxylic acids is 1. The topological polar surface area (TPSA) is 94.2 Å². The number of imidazole rings is 1. The van der Waals surface area contributed by atoms with Gasteiger partial charge in [0.25, 0.3) is 5.56 Å². The first-order valence-electron chi connectivity index (χ1n) is 8.16. The second-order valence-electron chi connectivity index (χ2n) is 6.34. The Bertz CT molecular complexity index is 909. The van der Waals surface area contributed by atoms with Crippen molar-refractivity contribution in [2.45, 2.75) is 25.9 Å². The SMILES string of the molecule is Cc1nccn1CC(=O)N[C@H]1CCN(c2cc(=O)n(C)c(=O)n2C)C1. The molecule has 134 valence electrons. The van der Waals surface area contributed by atoms with Crippen LogP contribution in [0.1, 0.15) is 12.2 Å². The highest BCUT2D eigenvalue weighted by Crippen LogP contribution is 2.17. The fourth-order valence-corrected chi connectivity index (χ4v) is 3.11. The van der Waals surface area contributed by atoms with Crippen molar-refractivity contribution in [3.8, 4) is 0 Å². The van der Waals surface area contributed by atoms with Gasteiger partial charge in [-0.15, -0.1) is 0 Å². The number of aryl methyl sites for hydroxylation is 1. The van der Waals surface area contributed by atoms with E-state index in [2.05, 4.69) is 10.3 Å². The molecule has 0 bridgehead atoms. The molecule has 1 N–H and O–H groups in total. The van der Waals surface area contributed by atoms with Crippen LogP contribution >= 0.6 is 0 Å². The van der Waals surface area contributed by atoms with E-state index >= 15 is 0 Å². The average molecular weight is 346 g/mol. The summed E-state index contributed by atoms with van der Waals surface area (Å²) >= 11 is 0. The molecule has 0 radical (unpaired) electrons. The quantitative estimate of drug-likeness (QED) is 0.765. The Labute approximate surface area is 144 Å². The van der Waals surface area contributed by atoms with Crippen molar-refractivity contribution in [2.24, 2.45) is 14.1 Å². The maximum atomic E-state index is 12.2. The molecule has 1 amide bonds. The number of nitrogens with one attached hydrogen (secondary N) is 1. The molecule has 1 atom stereocenters. The van der Waals surface area contributed by atoms with E-state index in [9.17, 15) is 14.4 Å². The van der Waals surface area contributed by atoms with Crippen LogP contribution in [0.4, 0.5) is 5.82 Å². The van der Waals surface area contributed by atoms with E-state index in [0.29, 0.717) is 18.9 Å². The zero-order valence-corrected chi connectivity index (χ0v) is 14.6. The normalized spacial score (nSPS) is 17.1. The number of rotatable bonds is 4. The Hall–Kier alpha value is -2.84. The summed E-state index contributed by atoms with van der Waals surface area (Å²) in [6.07, 6.45) is 4.19. The molecule has 2 aromatic rings. The minimum absolute atomic E-state index is 0.0181. The van der Waals surface area contributed by atoms with Gasteiger partial charge in [0.05, 0.1) is 0 Å². The molecule has 9 nitrogen and oxygen atoms in total. The predicted molar refractivity (Wildman–Crippen MR) is 92.6 cm³/mol. The Kier molecular flexibility index (Phi) is 4.47. The highest BCUT2D eigenvalue weighted by Gasteiger charge is 2.26. The van der Waals surface area contributed by atoms with Crippen molar-refractivity contribution in [2.75, 3.05) is 18.0 Å². The molecule has 2 aromatic heterocycles. The smallest absolute Gasteiger partial charge is 0.332 e. The van der Waals surface area contributed by atoms with Crippen molar-refractivity contribution in [3.05, 3.63) is 45.1 Å². The first kappa shape index (κ1) is 17.0. The minimum atomic E-state index is -0.356. The molecule has 25 heavy (non-hydrogen) atoms. The molecule has 1 fully saturated rings. The van der Waals surface area contributed by atoms with E-state index in [1.807, 2.05) is 11.8 Å². The summed E-state index contributed by atoms with van der Waals surface area (Å²) in [4.78, 5) is 42.2. The molecule has 0 aromatic carbocycles. The van der Waals surface area contributed by atoms with E-state index in [1.165, 1.54) is 17.7 Å². The molecular weight excluding hydrogens is 324 g/mol. The lowest BCUT2D eigenvalue weighted by atomic mass is 10.2. The fraction of sp³-hybridized carbons (Fsp3) is 0.500. The molecule has 9 heteroatoms. The Morgan fingerprint density at radius 3 is 2.76 bits per heavy atom. The van der Waals surface area contributed by atoms with Gasteiger partial charge in [0.15, 0.2) is 0 Å². The van der Waals surface area contributed by atoms with Gasteiger partial charge >= 0.3 is 5.69 Å². The highest BCUT2D eigenvalue weighted by atomic mass is 16.2. The molecule has 1 aliphatic rings. The summed E-state index contributed by atoms with van der Waals surface area (Å²) in [5.41, 5.74) is -0.688. The third-order valence-corrected chi connectivity index (χ3v) is 4.62. The molecular formula is C16H22N6O3.